The van der Waals surface area contributed by atoms with Crippen LogP contribution in [0.3, 0.4) is 0 Å². The summed E-state index contributed by atoms with van der Waals surface area (Å²) in [4.78, 5) is 15.7. The molecule has 1 aromatic rings. The summed E-state index contributed by atoms with van der Waals surface area (Å²) in [5.41, 5.74) is -0.227. The van der Waals surface area contributed by atoms with E-state index in [0.29, 0.717) is 12.5 Å². The van der Waals surface area contributed by atoms with E-state index in [4.69, 9.17) is 4.42 Å². The summed E-state index contributed by atoms with van der Waals surface area (Å²) in [6, 6.07) is 3.79. The number of carbonyl (C=O) groups is 1. The van der Waals surface area contributed by atoms with Gasteiger partial charge in [0.05, 0.1) is 12.8 Å². The summed E-state index contributed by atoms with van der Waals surface area (Å²) in [5, 5.41) is 8.97. The van der Waals surface area contributed by atoms with Crippen LogP contribution < -0.4 is 16.0 Å². The topological polar surface area (TPSA) is 78.7 Å². The molecule has 0 radical (unpaired) electrons. The minimum atomic E-state index is -0.227. The molecule has 6 nitrogen and oxygen atoms in total. The molecule has 0 bridgehead atoms. The van der Waals surface area contributed by atoms with Crippen molar-refractivity contribution < 1.29 is 9.21 Å². The van der Waals surface area contributed by atoms with Crippen LogP contribution in [0.1, 0.15) is 26.5 Å². The Morgan fingerprint density at radius 1 is 1.33 bits per heavy atom. The Kier molecular flexibility index (Phi) is 9.07. The zero-order valence-corrected chi connectivity index (χ0v) is 15.4. The Morgan fingerprint density at radius 2 is 2.05 bits per heavy atom. The van der Waals surface area contributed by atoms with E-state index in [1.165, 1.54) is 0 Å². The SMILES string of the molecule is CN=C(NCCc1ccco1)NCC(=O)NC(C)(C)C.I. The third kappa shape index (κ3) is 9.33. The van der Waals surface area contributed by atoms with Crippen molar-refractivity contribution in [3.8, 4) is 0 Å². The van der Waals surface area contributed by atoms with E-state index >= 15 is 0 Å². The highest BCUT2D eigenvalue weighted by Crippen LogP contribution is 1.99. The number of hydrogen-bond donors (Lipinski definition) is 3. The second-order valence-electron chi connectivity index (χ2n) is 5.48. The molecule has 21 heavy (non-hydrogen) atoms. The average molecular weight is 408 g/mol. The maximum Gasteiger partial charge on any atom is 0.239 e. The number of nitrogens with one attached hydrogen (secondary N) is 3. The fraction of sp³-hybridized carbons (Fsp3) is 0.571. The Bertz CT molecular complexity index is 438. The number of nitrogens with zero attached hydrogens (tertiary/aromatic N) is 1. The van der Waals surface area contributed by atoms with Crippen LogP contribution >= 0.6 is 24.0 Å². The van der Waals surface area contributed by atoms with Crippen molar-refractivity contribution in [2.75, 3.05) is 20.1 Å². The lowest BCUT2D eigenvalue weighted by atomic mass is 10.1. The van der Waals surface area contributed by atoms with E-state index in [9.17, 15) is 4.79 Å². The molecule has 1 amide bonds. The minimum Gasteiger partial charge on any atom is -0.469 e. The van der Waals surface area contributed by atoms with Crippen molar-refractivity contribution in [2.24, 2.45) is 4.99 Å². The first-order valence-electron chi connectivity index (χ1n) is 6.68. The molecule has 0 atom stereocenters. The molecule has 1 heterocycles. The maximum absolute atomic E-state index is 11.7. The summed E-state index contributed by atoms with van der Waals surface area (Å²) < 4.78 is 5.24. The van der Waals surface area contributed by atoms with Crippen LogP contribution in [0.15, 0.2) is 27.8 Å². The quantitative estimate of drug-likeness (QED) is 0.392. The van der Waals surface area contributed by atoms with Crippen molar-refractivity contribution in [3.63, 3.8) is 0 Å². The fourth-order valence-corrected chi connectivity index (χ4v) is 1.61. The molecular formula is C14H25IN4O2. The number of carbonyl (C=O) groups excluding carboxylic acids is 1. The number of furan rings is 1. The smallest absolute Gasteiger partial charge is 0.239 e. The van der Waals surface area contributed by atoms with Crippen LogP contribution in [0.4, 0.5) is 0 Å². The monoisotopic (exact) mass is 408 g/mol. The molecule has 7 heteroatoms. The Hall–Kier alpha value is -1.25. The molecule has 120 valence electrons. The highest BCUT2D eigenvalue weighted by Gasteiger charge is 2.13. The molecule has 0 unspecified atom stereocenters. The van der Waals surface area contributed by atoms with Gasteiger partial charge >= 0.3 is 0 Å². The first kappa shape index (κ1) is 19.8. The number of aliphatic imine (C=N–C) groups is 1. The molecule has 1 rings (SSSR count). The predicted molar refractivity (Wildman–Crippen MR) is 95.1 cm³/mol. The third-order valence-electron chi connectivity index (χ3n) is 2.40. The summed E-state index contributed by atoms with van der Waals surface area (Å²) in [5.74, 6) is 1.45. The van der Waals surface area contributed by atoms with Crippen molar-refractivity contribution in [1.82, 2.24) is 16.0 Å². The molecule has 3 N–H and O–H groups in total. The molecule has 1 aromatic heterocycles. The van der Waals surface area contributed by atoms with Gasteiger partial charge < -0.3 is 20.4 Å². The van der Waals surface area contributed by atoms with Crippen LogP contribution in [0.25, 0.3) is 0 Å². The first-order chi connectivity index (χ1) is 9.40. The van der Waals surface area contributed by atoms with E-state index < -0.39 is 0 Å². The van der Waals surface area contributed by atoms with Gasteiger partial charge in [-0.25, -0.2) is 0 Å². The largest absolute Gasteiger partial charge is 0.469 e. The van der Waals surface area contributed by atoms with E-state index in [2.05, 4.69) is 20.9 Å². The number of halogens is 1. The first-order valence-corrected chi connectivity index (χ1v) is 6.68. The van der Waals surface area contributed by atoms with Gasteiger partial charge in [-0.1, -0.05) is 0 Å². The molecular weight excluding hydrogens is 383 g/mol. The number of hydrogen-bond acceptors (Lipinski definition) is 3. The predicted octanol–water partition coefficient (Wildman–Crippen LogP) is 1.52. The maximum atomic E-state index is 11.7. The van der Waals surface area contributed by atoms with Crippen LogP contribution in [0.2, 0.25) is 0 Å². The molecule has 0 saturated heterocycles. The number of guanidine groups is 1. The highest BCUT2D eigenvalue weighted by molar-refractivity contribution is 14.0. The summed E-state index contributed by atoms with van der Waals surface area (Å²) in [7, 11) is 1.67. The molecule has 0 saturated carbocycles. The van der Waals surface area contributed by atoms with E-state index in [-0.39, 0.29) is 42.0 Å². The summed E-state index contributed by atoms with van der Waals surface area (Å²) in [6.45, 7) is 6.72. The molecule has 0 spiro atoms. The third-order valence-corrected chi connectivity index (χ3v) is 2.40. The Morgan fingerprint density at radius 3 is 2.57 bits per heavy atom. The fourth-order valence-electron chi connectivity index (χ4n) is 1.61. The van der Waals surface area contributed by atoms with E-state index in [0.717, 1.165) is 12.2 Å². The number of amides is 1. The average Bonchev–Trinajstić information content (AvgIpc) is 2.84. The van der Waals surface area contributed by atoms with Crippen molar-refractivity contribution >= 4 is 35.8 Å². The summed E-state index contributed by atoms with van der Waals surface area (Å²) in [6.07, 6.45) is 2.42. The van der Waals surface area contributed by atoms with Gasteiger partial charge in [-0.05, 0) is 32.9 Å². The lowest BCUT2D eigenvalue weighted by Crippen LogP contribution is -2.48. The van der Waals surface area contributed by atoms with Gasteiger partial charge in [0.1, 0.15) is 5.76 Å². The molecule has 0 aliphatic carbocycles. The van der Waals surface area contributed by atoms with Gasteiger partial charge in [-0.15, -0.1) is 24.0 Å². The molecule has 0 aromatic carbocycles. The van der Waals surface area contributed by atoms with Gasteiger partial charge in [0.25, 0.3) is 0 Å². The molecule has 0 fully saturated rings. The van der Waals surface area contributed by atoms with Gasteiger partial charge in [0.15, 0.2) is 5.96 Å². The van der Waals surface area contributed by atoms with Gasteiger partial charge in [0.2, 0.25) is 5.91 Å². The minimum absolute atomic E-state index is 0. The normalized spacial score (nSPS) is 11.5. The molecule has 0 aliphatic rings. The van der Waals surface area contributed by atoms with Crippen LogP contribution in [0.5, 0.6) is 0 Å². The second kappa shape index (κ2) is 9.64. The van der Waals surface area contributed by atoms with E-state index in [1.54, 1.807) is 13.3 Å². The second-order valence-corrected chi connectivity index (χ2v) is 5.48. The summed E-state index contributed by atoms with van der Waals surface area (Å²) >= 11 is 0. The van der Waals surface area contributed by atoms with Gasteiger partial charge in [-0.2, -0.15) is 0 Å². The van der Waals surface area contributed by atoms with Crippen molar-refractivity contribution in [2.45, 2.75) is 32.7 Å². The van der Waals surface area contributed by atoms with Gasteiger partial charge in [0, 0.05) is 25.6 Å². The van der Waals surface area contributed by atoms with Crippen LogP contribution in [-0.2, 0) is 11.2 Å². The van der Waals surface area contributed by atoms with E-state index in [1.807, 2.05) is 32.9 Å². The lowest BCUT2D eigenvalue weighted by molar-refractivity contribution is -0.121. The standard InChI is InChI=1S/C14H24N4O2.HI/c1-14(2,3)18-12(19)10-17-13(15-4)16-8-7-11-6-5-9-20-11;/h5-6,9H,7-8,10H2,1-4H3,(H,18,19)(H2,15,16,17);1H. The lowest BCUT2D eigenvalue weighted by Gasteiger charge is -2.21. The van der Waals surface area contributed by atoms with Crippen LogP contribution in [-0.4, -0.2) is 37.5 Å². The number of rotatable bonds is 5. The molecule has 0 aliphatic heterocycles. The Balaban J connectivity index is 0.00000400. The van der Waals surface area contributed by atoms with Crippen molar-refractivity contribution in [3.05, 3.63) is 24.2 Å². The van der Waals surface area contributed by atoms with Gasteiger partial charge in [-0.3, -0.25) is 9.79 Å². The Labute approximate surface area is 143 Å². The van der Waals surface area contributed by atoms with Crippen LogP contribution in [0, 0.1) is 0 Å². The zero-order valence-electron chi connectivity index (χ0n) is 13.0. The highest BCUT2D eigenvalue weighted by atomic mass is 127. The zero-order chi connectivity index (χ0) is 15.0. The van der Waals surface area contributed by atoms with Crippen molar-refractivity contribution in [1.29, 1.82) is 0 Å².